The first kappa shape index (κ1) is 12.5. The molecule has 4 heteroatoms. The van der Waals surface area contributed by atoms with Crippen LogP contribution in [-0.2, 0) is 6.61 Å². The van der Waals surface area contributed by atoms with Crippen LogP contribution >= 0.6 is 0 Å². The summed E-state index contributed by atoms with van der Waals surface area (Å²) in [5.41, 5.74) is 1.18. The second kappa shape index (κ2) is 4.99. The molecule has 0 spiro atoms. The molecule has 4 nitrogen and oxygen atoms in total. The Bertz CT molecular complexity index is 370. The standard InChI is InChI=1S/C12H18N2O2/c1-12(2,3)14-11(16)13-10-6-4-5-9(7-10)8-15/h4-7,15H,8H2,1-3H3,(H2,13,14,16). The summed E-state index contributed by atoms with van der Waals surface area (Å²) in [6.07, 6.45) is 0. The molecule has 1 aromatic carbocycles. The number of aliphatic hydroxyl groups excluding tert-OH is 1. The summed E-state index contributed by atoms with van der Waals surface area (Å²) in [7, 11) is 0. The van der Waals surface area contributed by atoms with Crippen LogP contribution in [0.2, 0.25) is 0 Å². The Morgan fingerprint density at radius 1 is 1.38 bits per heavy atom. The Balaban J connectivity index is 2.62. The van der Waals surface area contributed by atoms with Crippen LogP contribution in [0.1, 0.15) is 26.3 Å². The average Bonchev–Trinajstić information content (AvgIpc) is 2.15. The van der Waals surface area contributed by atoms with Gasteiger partial charge in [-0.05, 0) is 38.5 Å². The van der Waals surface area contributed by atoms with Gasteiger partial charge in [-0.1, -0.05) is 12.1 Å². The lowest BCUT2D eigenvalue weighted by Crippen LogP contribution is -2.43. The van der Waals surface area contributed by atoms with Crippen LogP contribution in [0.15, 0.2) is 24.3 Å². The Hall–Kier alpha value is -1.55. The number of urea groups is 1. The van der Waals surface area contributed by atoms with Crippen molar-refractivity contribution in [1.82, 2.24) is 5.32 Å². The van der Waals surface area contributed by atoms with Crippen molar-refractivity contribution in [2.24, 2.45) is 0 Å². The maximum atomic E-state index is 11.5. The normalized spacial score (nSPS) is 11.0. The van der Waals surface area contributed by atoms with E-state index in [1.165, 1.54) is 0 Å². The van der Waals surface area contributed by atoms with Gasteiger partial charge in [0.15, 0.2) is 0 Å². The summed E-state index contributed by atoms with van der Waals surface area (Å²) < 4.78 is 0. The predicted molar refractivity (Wildman–Crippen MR) is 64.3 cm³/mol. The minimum absolute atomic E-state index is 0.0313. The van der Waals surface area contributed by atoms with E-state index in [0.717, 1.165) is 5.56 Å². The number of rotatable bonds is 2. The number of hydrogen-bond acceptors (Lipinski definition) is 2. The average molecular weight is 222 g/mol. The monoisotopic (exact) mass is 222 g/mol. The Kier molecular flexibility index (Phi) is 3.90. The molecule has 1 rings (SSSR count). The maximum absolute atomic E-state index is 11.5. The summed E-state index contributed by atoms with van der Waals surface area (Å²) in [6, 6.07) is 6.86. The van der Waals surface area contributed by atoms with E-state index in [2.05, 4.69) is 10.6 Å². The predicted octanol–water partition coefficient (Wildman–Crippen LogP) is 2.10. The van der Waals surface area contributed by atoms with Crippen molar-refractivity contribution in [3.8, 4) is 0 Å². The molecule has 0 saturated heterocycles. The van der Waals surface area contributed by atoms with Crippen LogP contribution in [0.25, 0.3) is 0 Å². The van der Waals surface area contributed by atoms with Crippen LogP contribution in [0, 0.1) is 0 Å². The third-order valence-corrected chi connectivity index (χ3v) is 1.86. The molecule has 0 radical (unpaired) electrons. The highest BCUT2D eigenvalue weighted by Gasteiger charge is 2.13. The summed E-state index contributed by atoms with van der Waals surface area (Å²) >= 11 is 0. The van der Waals surface area contributed by atoms with Gasteiger partial charge in [0.25, 0.3) is 0 Å². The molecule has 0 heterocycles. The van der Waals surface area contributed by atoms with Crippen molar-refractivity contribution < 1.29 is 9.90 Å². The summed E-state index contributed by atoms with van der Waals surface area (Å²) in [4.78, 5) is 11.5. The van der Waals surface area contributed by atoms with E-state index in [9.17, 15) is 4.79 Å². The molecule has 0 aliphatic rings. The first-order chi connectivity index (χ1) is 7.40. The lowest BCUT2D eigenvalue weighted by molar-refractivity contribution is 0.244. The van der Waals surface area contributed by atoms with Gasteiger partial charge in [-0.15, -0.1) is 0 Å². The van der Waals surface area contributed by atoms with Crippen molar-refractivity contribution in [1.29, 1.82) is 0 Å². The number of carbonyl (C=O) groups excluding carboxylic acids is 1. The van der Waals surface area contributed by atoms with Gasteiger partial charge in [0.05, 0.1) is 6.61 Å². The van der Waals surface area contributed by atoms with Gasteiger partial charge in [-0.2, -0.15) is 0 Å². The molecule has 0 unspecified atom stereocenters. The minimum atomic E-state index is -0.265. The van der Waals surface area contributed by atoms with Crippen LogP contribution in [0.4, 0.5) is 10.5 Å². The van der Waals surface area contributed by atoms with Crippen molar-refractivity contribution >= 4 is 11.7 Å². The summed E-state index contributed by atoms with van der Waals surface area (Å²) in [6.45, 7) is 5.71. The van der Waals surface area contributed by atoms with Gasteiger partial charge in [-0.3, -0.25) is 0 Å². The molecule has 16 heavy (non-hydrogen) atoms. The highest BCUT2D eigenvalue weighted by atomic mass is 16.3. The van der Waals surface area contributed by atoms with Crippen LogP contribution in [0.3, 0.4) is 0 Å². The number of benzene rings is 1. The van der Waals surface area contributed by atoms with E-state index in [1.807, 2.05) is 20.8 Å². The first-order valence-corrected chi connectivity index (χ1v) is 5.20. The highest BCUT2D eigenvalue weighted by Crippen LogP contribution is 2.10. The van der Waals surface area contributed by atoms with Crippen LogP contribution in [-0.4, -0.2) is 16.7 Å². The third-order valence-electron chi connectivity index (χ3n) is 1.86. The Morgan fingerprint density at radius 3 is 2.62 bits per heavy atom. The van der Waals surface area contributed by atoms with Gasteiger partial charge in [0.1, 0.15) is 0 Å². The number of aliphatic hydroxyl groups is 1. The van der Waals surface area contributed by atoms with Gasteiger partial charge in [-0.25, -0.2) is 4.79 Å². The number of nitrogens with one attached hydrogen (secondary N) is 2. The number of anilines is 1. The quantitative estimate of drug-likeness (QED) is 0.717. The van der Waals surface area contributed by atoms with E-state index in [-0.39, 0.29) is 18.2 Å². The van der Waals surface area contributed by atoms with Gasteiger partial charge in [0.2, 0.25) is 0 Å². The second-order valence-corrected chi connectivity index (χ2v) is 4.69. The fourth-order valence-corrected chi connectivity index (χ4v) is 1.25. The van der Waals surface area contributed by atoms with Gasteiger partial charge < -0.3 is 15.7 Å². The zero-order valence-electron chi connectivity index (χ0n) is 9.87. The Labute approximate surface area is 95.7 Å². The molecule has 3 N–H and O–H groups in total. The molecule has 88 valence electrons. The summed E-state index contributed by atoms with van der Waals surface area (Å²) in [5, 5.41) is 14.5. The molecule has 0 fully saturated rings. The van der Waals surface area contributed by atoms with E-state index in [4.69, 9.17) is 5.11 Å². The Morgan fingerprint density at radius 2 is 2.06 bits per heavy atom. The minimum Gasteiger partial charge on any atom is -0.392 e. The van der Waals surface area contributed by atoms with Crippen molar-refractivity contribution in [2.45, 2.75) is 32.9 Å². The molecule has 0 saturated carbocycles. The fraction of sp³-hybridized carbons (Fsp3) is 0.417. The second-order valence-electron chi connectivity index (χ2n) is 4.69. The lowest BCUT2D eigenvalue weighted by atomic mass is 10.1. The molecule has 0 aromatic heterocycles. The number of carbonyl (C=O) groups is 1. The van der Waals surface area contributed by atoms with Gasteiger partial charge >= 0.3 is 6.03 Å². The molecular formula is C12H18N2O2. The molecule has 2 amide bonds. The van der Waals surface area contributed by atoms with Gasteiger partial charge in [0, 0.05) is 11.2 Å². The summed E-state index contributed by atoms with van der Waals surface area (Å²) in [5.74, 6) is 0. The molecule has 0 atom stereocenters. The zero-order valence-corrected chi connectivity index (χ0v) is 9.87. The van der Waals surface area contributed by atoms with E-state index in [1.54, 1.807) is 24.3 Å². The maximum Gasteiger partial charge on any atom is 0.319 e. The fourth-order valence-electron chi connectivity index (χ4n) is 1.25. The smallest absolute Gasteiger partial charge is 0.319 e. The first-order valence-electron chi connectivity index (χ1n) is 5.20. The molecule has 1 aromatic rings. The third kappa shape index (κ3) is 4.31. The number of hydrogen-bond donors (Lipinski definition) is 3. The van der Waals surface area contributed by atoms with Crippen molar-refractivity contribution in [3.63, 3.8) is 0 Å². The van der Waals surface area contributed by atoms with Crippen LogP contribution < -0.4 is 10.6 Å². The van der Waals surface area contributed by atoms with E-state index in [0.29, 0.717) is 5.69 Å². The zero-order chi connectivity index (χ0) is 12.2. The molecule has 0 bridgehead atoms. The lowest BCUT2D eigenvalue weighted by Gasteiger charge is -2.20. The molecule has 0 aliphatic carbocycles. The molecule has 0 aliphatic heterocycles. The largest absolute Gasteiger partial charge is 0.392 e. The topological polar surface area (TPSA) is 61.4 Å². The van der Waals surface area contributed by atoms with Crippen LogP contribution in [0.5, 0.6) is 0 Å². The number of amides is 2. The SMILES string of the molecule is CC(C)(C)NC(=O)Nc1cccc(CO)c1. The van der Waals surface area contributed by atoms with Crippen molar-refractivity contribution in [3.05, 3.63) is 29.8 Å². The highest BCUT2D eigenvalue weighted by molar-refractivity contribution is 5.89. The van der Waals surface area contributed by atoms with E-state index >= 15 is 0 Å². The van der Waals surface area contributed by atoms with Crippen molar-refractivity contribution in [2.75, 3.05) is 5.32 Å². The van der Waals surface area contributed by atoms with E-state index < -0.39 is 0 Å². The molecular weight excluding hydrogens is 204 g/mol.